The van der Waals surface area contributed by atoms with Gasteiger partial charge in [-0.05, 0) is 74.0 Å². The van der Waals surface area contributed by atoms with Crippen LogP contribution in [-0.4, -0.2) is 54.5 Å². The normalized spacial score (nSPS) is 21.6. The summed E-state index contributed by atoms with van der Waals surface area (Å²) in [7, 11) is 3.96. The van der Waals surface area contributed by atoms with Crippen LogP contribution in [0.1, 0.15) is 42.9 Å². The van der Waals surface area contributed by atoms with Gasteiger partial charge in [0.15, 0.2) is 0 Å². The number of rotatable bonds is 4. The number of hydrogen-bond acceptors (Lipinski definition) is 5. The molecule has 1 saturated heterocycles. The molecule has 1 heterocycles. The number of fused-ring (bicyclic) bond motifs is 4. The number of ether oxygens (including phenoxy) is 1. The molecule has 0 aromatic heterocycles. The van der Waals surface area contributed by atoms with Gasteiger partial charge in [-0.3, -0.25) is 4.79 Å². The summed E-state index contributed by atoms with van der Waals surface area (Å²) in [6, 6.07) is 14.9. The van der Waals surface area contributed by atoms with Crippen LogP contribution < -0.4 is 10.1 Å². The Bertz CT molecular complexity index is 1090. The second-order valence-electron chi connectivity index (χ2n) is 9.30. The fourth-order valence-electron chi connectivity index (χ4n) is 4.95. The minimum Gasteiger partial charge on any atom is -0.426 e. The maximum atomic E-state index is 13.2. The van der Waals surface area contributed by atoms with E-state index in [0.29, 0.717) is 17.0 Å². The largest absolute Gasteiger partial charge is 0.426 e. The Kier molecular flexibility index (Phi) is 6.39. The summed E-state index contributed by atoms with van der Waals surface area (Å²) in [5.74, 6) is 0.277. The van der Waals surface area contributed by atoms with Gasteiger partial charge >= 0.3 is 12.0 Å². The summed E-state index contributed by atoms with van der Waals surface area (Å²) < 4.78 is 5.58. The molecule has 172 valence electrons. The molecule has 1 fully saturated rings. The Balaban J connectivity index is 1.58. The van der Waals surface area contributed by atoms with Crippen LogP contribution in [0.5, 0.6) is 5.75 Å². The third kappa shape index (κ3) is 4.57. The van der Waals surface area contributed by atoms with E-state index in [1.165, 1.54) is 5.56 Å². The summed E-state index contributed by atoms with van der Waals surface area (Å²) in [6.07, 6.45) is 1.75. The van der Waals surface area contributed by atoms with Crippen molar-refractivity contribution in [1.82, 2.24) is 9.80 Å². The first-order valence-electron chi connectivity index (χ1n) is 11.4. The summed E-state index contributed by atoms with van der Waals surface area (Å²) in [4.78, 5) is 29.4. The standard InChI is InChI=1S/C26H30N4O3/c1-16(2)25(31)33-20-10-7-18-13-23-24(21(22(18)14-20)11-12-29(23)3)30(4)26(32)28-19-8-5-17(15-27)6-9-19/h5-10,14,16,21,23-24H,11-13H2,1-4H3,(H,28,32). The Hall–Kier alpha value is -3.37. The van der Waals surface area contributed by atoms with Crippen molar-refractivity contribution in [2.75, 3.05) is 26.0 Å². The van der Waals surface area contributed by atoms with Crippen LogP contribution in [0.25, 0.3) is 0 Å². The molecule has 0 radical (unpaired) electrons. The van der Waals surface area contributed by atoms with E-state index in [9.17, 15) is 9.59 Å². The molecule has 2 bridgehead atoms. The number of urea groups is 1. The summed E-state index contributed by atoms with van der Waals surface area (Å²) in [5.41, 5.74) is 3.62. The molecule has 3 atom stereocenters. The number of benzene rings is 2. The summed E-state index contributed by atoms with van der Waals surface area (Å²) in [5, 5.41) is 11.9. The third-order valence-electron chi connectivity index (χ3n) is 6.83. The number of likely N-dealkylation sites (tertiary alicyclic amines) is 1. The molecule has 0 spiro atoms. The van der Waals surface area contributed by atoms with E-state index in [4.69, 9.17) is 10.00 Å². The van der Waals surface area contributed by atoms with Gasteiger partial charge in [0.1, 0.15) is 5.75 Å². The number of amides is 2. The van der Waals surface area contributed by atoms with Gasteiger partial charge in [-0.1, -0.05) is 19.9 Å². The molecule has 7 heteroatoms. The van der Waals surface area contributed by atoms with Crippen LogP contribution in [-0.2, 0) is 11.2 Å². The van der Waals surface area contributed by atoms with E-state index in [1.54, 1.807) is 29.2 Å². The Labute approximate surface area is 194 Å². The lowest BCUT2D eigenvalue weighted by atomic mass is 9.71. The molecule has 2 aromatic rings. The Morgan fingerprint density at radius 2 is 1.94 bits per heavy atom. The van der Waals surface area contributed by atoms with Crippen LogP contribution in [0.15, 0.2) is 42.5 Å². The van der Waals surface area contributed by atoms with E-state index in [1.807, 2.05) is 33.0 Å². The van der Waals surface area contributed by atoms with Crippen molar-refractivity contribution in [2.24, 2.45) is 5.92 Å². The van der Waals surface area contributed by atoms with Gasteiger partial charge < -0.3 is 19.9 Å². The van der Waals surface area contributed by atoms with Crippen molar-refractivity contribution in [3.05, 3.63) is 59.2 Å². The number of nitriles is 1. The fraction of sp³-hybridized carbons (Fsp3) is 0.423. The summed E-state index contributed by atoms with van der Waals surface area (Å²) in [6.45, 7) is 4.59. The van der Waals surface area contributed by atoms with Crippen molar-refractivity contribution in [1.29, 1.82) is 5.26 Å². The highest BCUT2D eigenvalue weighted by Gasteiger charge is 2.45. The molecular formula is C26H30N4O3. The highest BCUT2D eigenvalue weighted by atomic mass is 16.5. The van der Waals surface area contributed by atoms with Crippen molar-refractivity contribution < 1.29 is 14.3 Å². The fourth-order valence-corrected chi connectivity index (χ4v) is 4.95. The zero-order valence-corrected chi connectivity index (χ0v) is 19.5. The molecule has 4 rings (SSSR count). The third-order valence-corrected chi connectivity index (χ3v) is 6.83. The number of esters is 1. The molecular weight excluding hydrogens is 416 g/mol. The highest BCUT2D eigenvalue weighted by molar-refractivity contribution is 5.89. The van der Waals surface area contributed by atoms with E-state index in [2.05, 4.69) is 29.4 Å². The van der Waals surface area contributed by atoms with E-state index >= 15 is 0 Å². The number of nitrogens with zero attached hydrogens (tertiary/aromatic N) is 3. The molecule has 33 heavy (non-hydrogen) atoms. The lowest BCUT2D eigenvalue weighted by Gasteiger charge is -2.51. The second-order valence-corrected chi connectivity index (χ2v) is 9.30. The van der Waals surface area contributed by atoms with Gasteiger partial charge in [-0.25, -0.2) is 4.79 Å². The molecule has 1 N–H and O–H groups in total. The Morgan fingerprint density at radius 1 is 1.21 bits per heavy atom. The number of anilines is 1. The monoisotopic (exact) mass is 446 g/mol. The van der Waals surface area contributed by atoms with Crippen LogP contribution in [0.3, 0.4) is 0 Å². The van der Waals surface area contributed by atoms with Crippen molar-refractivity contribution in [3.63, 3.8) is 0 Å². The number of carbonyl (C=O) groups is 2. The smallest absolute Gasteiger partial charge is 0.321 e. The van der Waals surface area contributed by atoms with Crippen molar-refractivity contribution in [3.8, 4) is 11.8 Å². The van der Waals surface area contributed by atoms with Crippen molar-refractivity contribution in [2.45, 2.75) is 44.7 Å². The lowest BCUT2D eigenvalue weighted by molar-refractivity contribution is -0.137. The van der Waals surface area contributed by atoms with Gasteiger partial charge in [-0.2, -0.15) is 5.26 Å². The van der Waals surface area contributed by atoms with Crippen LogP contribution >= 0.6 is 0 Å². The minimum absolute atomic E-state index is 0.00863. The second kappa shape index (κ2) is 9.24. The number of hydrogen-bond donors (Lipinski definition) is 1. The number of carbonyl (C=O) groups excluding carboxylic acids is 2. The van der Waals surface area contributed by atoms with E-state index < -0.39 is 0 Å². The SMILES string of the molecule is CC(C)C(=O)Oc1ccc2c(c1)C1CCN(C)C(C2)C1N(C)C(=O)Nc1ccc(C#N)cc1. The first-order chi connectivity index (χ1) is 15.8. The van der Waals surface area contributed by atoms with Gasteiger partial charge in [0, 0.05) is 24.7 Å². The molecule has 2 aromatic carbocycles. The zero-order chi connectivity index (χ0) is 23.7. The van der Waals surface area contributed by atoms with E-state index in [-0.39, 0.29) is 35.9 Å². The first kappa shape index (κ1) is 22.8. The van der Waals surface area contributed by atoms with Gasteiger partial charge in [0.25, 0.3) is 0 Å². The molecule has 2 aliphatic rings. The van der Waals surface area contributed by atoms with Gasteiger partial charge in [0.05, 0.1) is 23.6 Å². The first-order valence-corrected chi connectivity index (χ1v) is 11.4. The van der Waals surface area contributed by atoms with Gasteiger partial charge in [0.2, 0.25) is 0 Å². The van der Waals surface area contributed by atoms with Crippen molar-refractivity contribution >= 4 is 17.7 Å². The predicted octanol–water partition coefficient (Wildman–Crippen LogP) is 4.00. The van der Waals surface area contributed by atoms with Crippen LogP contribution in [0.4, 0.5) is 10.5 Å². The lowest BCUT2D eigenvalue weighted by Crippen LogP contribution is -2.61. The zero-order valence-electron chi connectivity index (χ0n) is 19.5. The quantitative estimate of drug-likeness (QED) is 0.567. The average Bonchev–Trinajstić information content (AvgIpc) is 2.81. The predicted molar refractivity (Wildman–Crippen MR) is 126 cm³/mol. The Morgan fingerprint density at radius 3 is 2.61 bits per heavy atom. The molecule has 3 unspecified atom stereocenters. The number of piperidine rings is 1. The maximum absolute atomic E-state index is 13.2. The molecule has 1 aliphatic carbocycles. The topological polar surface area (TPSA) is 85.7 Å². The minimum atomic E-state index is -0.248. The average molecular weight is 447 g/mol. The molecule has 7 nitrogen and oxygen atoms in total. The number of nitrogens with one attached hydrogen (secondary N) is 1. The van der Waals surface area contributed by atoms with Gasteiger partial charge in [-0.15, -0.1) is 0 Å². The molecule has 2 amide bonds. The molecule has 1 aliphatic heterocycles. The maximum Gasteiger partial charge on any atom is 0.321 e. The number of likely N-dealkylation sites (N-methyl/N-ethyl adjacent to an activating group) is 2. The summed E-state index contributed by atoms with van der Waals surface area (Å²) >= 11 is 0. The molecule has 0 saturated carbocycles. The highest BCUT2D eigenvalue weighted by Crippen LogP contribution is 2.43. The van der Waals surface area contributed by atoms with Crippen LogP contribution in [0.2, 0.25) is 0 Å². The van der Waals surface area contributed by atoms with E-state index in [0.717, 1.165) is 24.9 Å². The van der Waals surface area contributed by atoms with Crippen LogP contribution in [0, 0.1) is 17.2 Å².